The first-order chi connectivity index (χ1) is 14.0. The van der Waals surface area contributed by atoms with Gasteiger partial charge < -0.3 is 14.4 Å². The van der Waals surface area contributed by atoms with Gasteiger partial charge in [0.15, 0.2) is 0 Å². The van der Waals surface area contributed by atoms with E-state index in [-0.39, 0.29) is 18.5 Å². The van der Waals surface area contributed by atoms with E-state index in [4.69, 9.17) is 21.1 Å². The summed E-state index contributed by atoms with van der Waals surface area (Å²) in [6.45, 7) is 5.14. The second kappa shape index (κ2) is 8.59. The molecule has 0 bridgehead atoms. The fraction of sp³-hybridized carbons (Fsp3) is 0.455. The van der Waals surface area contributed by atoms with Gasteiger partial charge in [0.05, 0.1) is 18.6 Å². The zero-order chi connectivity index (χ0) is 20.4. The van der Waals surface area contributed by atoms with Gasteiger partial charge in [0.1, 0.15) is 17.7 Å². The predicted molar refractivity (Wildman–Crippen MR) is 113 cm³/mol. The Morgan fingerprint density at radius 3 is 2.69 bits per heavy atom. The number of anilines is 1. The van der Waals surface area contributed by atoms with Crippen LogP contribution in [0.4, 0.5) is 5.82 Å². The molecule has 0 amide bonds. The van der Waals surface area contributed by atoms with E-state index in [1.165, 1.54) is 7.11 Å². The normalized spacial score (nSPS) is 24.2. The molecular weight excluding hydrogens is 390 g/mol. The number of pyridine rings is 1. The van der Waals surface area contributed by atoms with Gasteiger partial charge in [-0.15, -0.1) is 0 Å². The second-order valence-corrected chi connectivity index (χ2v) is 8.14. The number of benzene rings is 1. The third-order valence-electron chi connectivity index (χ3n) is 5.90. The van der Waals surface area contributed by atoms with Crippen molar-refractivity contribution < 1.29 is 14.3 Å². The van der Waals surface area contributed by atoms with Crippen molar-refractivity contribution in [3.05, 3.63) is 53.2 Å². The minimum atomic E-state index is -0.236. The van der Waals surface area contributed by atoms with Crippen molar-refractivity contribution in [2.75, 3.05) is 31.6 Å². The highest BCUT2D eigenvalue weighted by molar-refractivity contribution is 6.30. The summed E-state index contributed by atoms with van der Waals surface area (Å²) in [6.07, 6.45) is 3.13. The smallest absolute Gasteiger partial charge is 0.309 e. The summed E-state index contributed by atoms with van der Waals surface area (Å²) in [5.74, 6) is 1.58. The molecule has 0 radical (unpaired) electrons. The first-order valence-corrected chi connectivity index (χ1v) is 10.4. The standard InChI is InChI=1S/C22H26ClN3O3/c1-15-20-12-19(29-18-6-3-16(4-7-18)11-22(27)28-2)14-25(20)9-10-26(15)21-8-5-17(23)13-24-21/h3-8,13,15,19-20H,9-12,14H2,1-2H3/t15?,19-,20-/m0/s1. The Kier molecular flexibility index (Phi) is 5.92. The molecule has 2 aromatic rings. The molecule has 2 fully saturated rings. The number of nitrogens with zero attached hydrogens (tertiary/aromatic N) is 3. The average molecular weight is 416 g/mol. The number of fused-ring (bicyclic) bond motifs is 1. The molecule has 2 aliphatic rings. The van der Waals surface area contributed by atoms with Gasteiger partial charge in [-0.25, -0.2) is 4.98 Å². The van der Waals surface area contributed by atoms with Crippen molar-refractivity contribution in [2.24, 2.45) is 0 Å². The van der Waals surface area contributed by atoms with Gasteiger partial charge in [-0.3, -0.25) is 9.69 Å². The van der Waals surface area contributed by atoms with E-state index in [2.05, 4.69) is 21.7 Å². The van der Waals surface area contributed by atoms with E-state index in [0.717, 1.165) is 43.2 Å². The number of halogens is 1. The van der Waals surface area contributed by atoms with Gasteiger partial charge in [-0.2, -0.15) is 0 Å². The molecule has 0 spiro atoms. The lowest BCUT2D eigenvalue weighted by molar-refractivity contribution is -0.139. The number of hydrogen-bond acceptors (Lipinski definition) is 6. The number of methoxy groups -OCH3 is 1. The summed E-state index contributed by atoms with van der Waals surface area (Å²) in [4.78, 5) is 20.8. The summed E-state index contributed by atoms with van der Waals surface area (Å²) in [5, 5.41) is 0.659. The van der Waals surface area contributed by atoms with E-state index in [1.807, 2.05) is 36.4 Å². The van der Waals surface area contributed by atoms with Crippen molar-refractivity contribution in [3.63, 3.8) is 0 Å². The highest BCUT2D eigenvalue weighted by atomic mass is 35.5. The molecule has 1 aromatic heterocycles. The van der Waals surface area contributed by atoms with E-state index in [1.54, 1.807) is 6.20 Å². The Morgan fingerprint density at radius 1 is 1.21 bits per heavy atom. The molecule has 6 nitrogen and oxygen atoms in total. The maximum absolute atomic E-state index is 11.4. The summed E-state index contributed by atoms with van der Waals surface area (Å²) in [6, 6.07) is 12.4. The highest BCUT2D eigenvalue weighted by Crippen LogP contribution is 2.32. The molecule has 3 heterocycles. The number of carbonyl (C=O) groups is 1. The first-order valence-electron chi connectivity index (χ1n) is 9.98. The number of ether oxygens (including phenoxy) is 2. The third kappa shape index (κ3) is 4.49. The second-order valence-electron chi connectivity index (χ2n) is 7.70. The van der Waals surface area contributed by atoms with E-state index >= 15 is 0 Å². The van der Waals surface area contributed by atoms with E-state index in [0.29, 0.717) is 17.1 Å². The van der Waals surface area contributed by atoms with Crippen LogP contribution in [0.2, 0.25) is 5.02 Å². The zero-order valence-electron chi connectivity index (χ0n) is 16.8. The Bertz CT molecular complexity index is 843. The zero-order valence-corrected chi connectivity index (χ0v) is 17.5. The third-order valence-corrected chi connectivity index (χ3v) is 6.12. The molecule has 4 rings (SSSR count). The minimum Gasteiger partial charge on any atom is -0.489 e. The molecule has 29 heavy (non-hydrogen) atoms. The van der Waals surface area contributed by atoms with Gasteiger partial charge in [-0.1, -0.05) is 23.7 Å². The lowest BCUT2D eigenvalue weighted by Gasteiger charge is -2.43. The predicted octanol–water partition coefficient (Wildman–Crippen LogP) is 3.18. The Hall–Kier alpha value is -2.31. The van der Waals surface area contributed by atoms with Gasteiger partial charge in [0, 0.05) is 44.3 Å². The van der Waals surface area contributed by atoms with Crippen LogP contribution in [0.25, 0.3) is 0 Å². The van der Waals surface area contributed by atoms with Crippen molar-refractivity contribution in [1.82, 2.24) is 9.88 Å². The van der Waals surface area contributed by atoms with Crippen LogP contribution in [0.3, 0.4) is 0 Å². The highest BCUT2D eigenvalue weighted by Gasteiger charge is 2.42. The fourth-order valence-electron chi connectivity index (χ4n) is 4.36. The Morgan fingerprint density at radius 2 is 2.00 bits per heavy atom. The monoisotopic (exact) mass is 415 g/mol. The summed E-state index contributed by atoms with van der Waals surface area (Å²) < 4.78 is 11.0. The van der Waals surface area contributed by atoms with Crippen LogP contribution in [0.5, 0.6) is 5.75 Å². The van der Waals surface area contributed by atoms with Gasteiger partial charge in [-0.05, 0) is 36.8 Å². The maximum Gasteiger partial charge on any atom is 0.309 e. The number of aromatic nitrogens is 1. The van der Waals surface area contributed by atoms with Crippen molar-refractivity contribution in [3.8, 4) is 5.75 Å². The molecule has 2 saturated heterocycles. The molecule has 154 valence electrons. The van der Waals surface area contributed by atoms with Crippen LogP contribution in [-0.2, 0) is 16.0 Å². The van der Waals surface area contributed by atoms with E-state index < -0.39 is 0 Å². The maximum atomic E-state index is 11.4. The minimum absolute atomic E-state index is 0.159. The van der Waals surface area contributed by atoms with Crippen LogP contribution < -0.4 is 9.64 Å². The SMILES string of the molecule is COC(=O)Cc1ccc(O[C@H]2C[C@H]3C(C)N(c4ccc(Cl)cn4)CCN3C2)cc1. The molecule has 1 aromatic carbocycles. The number of piperazine rings is 1. The van der Waals surface area contributed by atoms with Crippen LogP contribution in [0.1, 0.15) is 18.9 Å². The molecule has 7 heteroatoms. The number of hydrogen-bond donors (Lipinski definition) is 0. The molecule has 0 saturated carbocycles. The van der Waals surface area contributed by atoms with Crippen LogP contribution in [0.15, 0.2) is 42.6 Å². The number of esters is 1. The lowest BCUT2D eigenvalue weighted by Crippen LogP contribution is -2.56. The average Bonchev–Trinajstić information content (AvgIpc) is 3.14. The molecule has 1 unspecified atom stereocenters. The lowest BCUT2D eigenvalue weighted by atomic mass is 10.0. The Balaban J connectivity index is 1.37. The van der Waals surface area contributed by atoms with Crippen LogP contribution >= 0.6 is 11.6 Å². The molecule has 0 aliphatic carbocycles. The van der Waals surface area contributed by atoms with Gasteiger partial charge in [0.2, 0.25) is 0 Å². The van der Waals surface area contributed by atoms with Crippen LogP contribution in [-0.4, -0.2) is 60.8 Å². The largest absolute Gasteiger partial charge is 0.489 e. The molecule has 0 N–H and O–H groups in total. The fourth-order valence-corrected chi connectivity index (χ4v) is 4.47. The van der Waals surface area contributed by atoms with Crippen molar-refractivity contribution in [1.29, 1.82) is 0 Å². The first kappa shape index (κ1) is 20.0. The summed E-state index contributed by atoms with van der Waals surface area (Å²) in [5.41, 5.74) is 0.924. The van der Waals surface area contributed by atoms with Crippen molar-refractivity contribution in [2.45, 2.75) is 38.0 Å². The number of carbonyl (C=O) groups excluding carboxylic acids is 1. The van der Waals surface area contributed by atoms with E-state index in [9.17, 15) is 4.79 Å². The number of rotatable bonds is 5. The molecular formula is C22H26ClN3O3. The van der Waals surface area contributed by atoms with Gasteiger partial charge in [0.25, 0.3) is 0 Å². The quantitative estimate of drug-likeness (QED) is 0.699. The molecule has 3 atom stereocenters. The Labute approximate surface area is 176 Å². The van der Waals surface area contributed by atoms with Crippen molar-refractivity contribution >= 4 is 23.4 Å². The topological polar surface area (TPSA) is 54.9 Å². The van der Waals surface area contributed by atoms with Gasteiger partial charge >= 0.3 is 5.97 Å². The summed E-state index contributed by atoms with van der Waals surface area (Å²) in [7, 11) is 1.40. The van der Waals surface area contributed by atoms with Crippen LogP contribution in [0, 0.1) is 0 Å². The summed E-state index contributed by atoms with van der Waals surface area (Å²) >= 11 is 5.99. The molecule has 2 aliphatic heterocycles.